The summed E-state index contributed by atoms with van der Waals surface area (Å²) in [5.74, 6) is -0.193. The first-order valence-corrected chi connectivity index (χ1v) is 17.2. The van der Waals surface area contributed by atoms with Gasteiger partial charge >= 0.3 is 0 Å². The van der Waals surface area contributed by atoms with Crippen LogP contribution in [0.3, 0.4) is 0 Å². The van der Waals surface area contributed by atoms with Gasteiger partial charge in [-0.2, -0.15) is 0 Å². The summed E-state index contributed by atoms with van der Waals surface area (Å²) in [6, 6.07) is 22.8. The van der Waals surface area contributed by atoms with Gasteiger partial charge in [0.2, 0.25) is 0 Å². The van der Waals surface area contributed by atoms with E-state index in [0.717, 1.165) is 40.3 Å². The van der Waals surface area contributed by atoms with Crippen LogP contribution in [0.5, 0.6) is 0 Å². The van der Waals surface area contributed by atoms with Crippen LogP contribution in [0.15, 0.2) is 94.3 Å². The second-order valence-corrected chi connectivity index (χ2v) is 14.5. The largest absolute Gasteiger partial charge is 0.289 e. The maximum absolute atomic E-state index is 12.8. The van der Waals surface area contributed by atoms with E-state index < -0.39 is 0 Å². The van der Waals surface area contributed by atoms with E-state index in [-0.39, 0.29) is 23.1 Å². The lowest BCUT2D eigenvalue weighted by atomic mass is 9.83. The number of hydrogen-bond acceptors (Lipinski definition) is 8. The van der Waals surface area contributed by atoms with E-state index in [4.69, 9.17) is 0 Å². The highest BCUT2D eigenvalue weighted by molar-refractivity contribution is 7.18. The molecule has 4 aromatic heterocycles. The molecule has 208 valence electrons. The zero-order chi connectivity index (χ0) is 29.7. The van der Waals surface area contributed by atoms with E-state index >= 15 is 0 Å². The van der Waals surface area contributed by atoms with Gasteiger partial charge in [0.1, 0.15) is 0 Å². The SMILES string of the molecule is O=C1c2cc3ccsc3cc2C(=O)c2cc3ccsc3cc21.O=C1c2cc3ccsc3cc2C(=O)c2cc3sccc3cc21. The second kappa shape index (κ2) is 9.45. The summed E-state index contributed by atoms with van der Waals surface area (Å²) in [5, 5.41) is 12.0. The van der Waals surface area contributed by atoms with Crippen molar-refractivity contribution in [3.63, 3.8) is 0 Å². The van der Waals surface area contributed by atoms with Gasteiger partial charge in [-0.1, -0.05) is 0 Å². The van der Waals surface area contributed by atoms with Crippen molar-refractivity contribution in [3.8, 4) is 0 Å². The molecular formula is C36H16O4S4. The van der Waals surface area contributed by atoms with Gasteiger partial charge < -0.3 is 0 Å². The van der Waals surface area contributed by atoms with Gasteiger partial charge in [-0.05, 0) is 116 Å². The predicted molar refractivity (Wildman–Crippen MR) is 181 cm³/mol. The highest BCUT2D eigenvalue weighted by Gasteiger charge is 2.32. The molecule has 0 fully saturated rings. The molecule has 2 aliphatic carbocycles. The number of hydrogen-bond donors (Lipinski definition) is 0. The first kappa shape index (κ1) is 25.9. The normalized spacial score (nSPS) is 13.6. The Kier molecular flexibility index (Phi) is 5.55. The summed E-state index contributed by atoms with van der Waals surface area (Å²) < 4.78 is 4.17. The Hall–Kier alpha value is -4.60. The molecule has 4 aromatic carbocycles. The van der Waals surface area contributed by atoms with Crippen LogP contribution in [0, 0.1) is 0 Å². The molecule has 10 rings (SSSR count). The van der Waals surface area contributed by atoms with Crippen molar-refractivity contribution in [1.82, 2.24) is 0 Å². The number of thiophene rings is 4. The average Bonchev–Trinajstić information content (AvgIpc) is 3.86. The summed E-state index contributed by atoms with van der Waals surface area (Å²) in [5.41, 5.74) is 4.23. The highest BCUT2D eigenvalue weighted by atomic mass is 32.1. The molecule has 0 bridgehead atoms. The van der Waals surface area contributed by atoms with Gasteiger partial charge in [0.25, 0.3) is 0 Å². The van der Waals surface area contributed by atoms with Crippen molar-refractivity contribution in [2.24, 2.45) is 0 Å². The lowest BCUT2D eigenvalue weighted by molar-refractivity contribution is 0.0979. The molecule has 0 unspecified atom stereocenters. The molecule has 0 radical (unpaired) electrons. The Morgan fingerprint density at radius 2 is 0.500 bits per heavy atom. The van der Waals surface area contributed by atoms with Crippen molar-refractivity contribution < 1.29 is 19.2 Å². The van der Waals surface area contributed by atoms with Crippen LogP contribution in [0.25, 0.3) is 40.3 Å². The van der Waals surface area contributed by atoms with Crippen LogP contribution in [0.2, 0.25) is 0 Å². The lowest BCUT2D eigenvalue weighted by Crippen LogP contribution is -2.20. The Bertz CT molecular complexity index is 2070. The van der Waals surface area contributed by atoms with Crippen LogP contribution < -0.4 is 0 Å². The molecule has 0 spiro atoms. The summed E-state index contributed by atoms with van der Waals surface area (Å²) in [7, 11) is 0. The topological polar surface area (TPSA) is 68.3 Å². The maximum atomic E-state index is 12.8. The third-order valence-electron chi connectivity index (χ3n) is 8.33. The number of ketones is 4. The number of rotatable bonds is 0. The fourth-order valence-corrected chi connectivity index (χ4v) is 9.36. The Balaban J connectivity index is 0.000000123. The van der Waals surface area contributed by atoms with E-state index in [2.05, 4.69) is 0 Å². The quantitative estimate of drug-likeness (QED) is 0.166. The molecule has 44 heavy (non-hydrogen) atoms. The third kappa shape index (κ3) is 3.72. The van der Waals surface area contributed by atoms with Crippen LogP contribution in [-0.2, 0) is 0 Å². The van der Waals surface area contributed by atoms with Crippen molar-refractivity contribution >= 4 is 109 Å². The maximum Gasteiger partial charge on any atom is 0.194 e. The number of carbonyl (C=O) groups is 4. The summed E-state index contributed by atoms with van der Waals surface area (Å²) in [6.45, 7) is 0. The Morgan fingerprint density at radius 1 is 0.295 bits per heavy atom. The van der Waals surface area contributed by atoms with Crippen LogP contribution >= 0.6 is 45.3 Å². The van der Waals surface area contributed by atoms with Gasteiger partial charge in [-0.3, -0.25) is 19.2 Å². The van der Waals surface area contributed by atoms with Gasteiger partial charge in [0, 0.05) is 63.3 Å². The molecule has 2 aliphatic rings. The van der Waals surface area contributed by atoms with E-state index in [1.165, 1.54) is 0 Å². The number of benzene rings is 4. The minimum absolute atomic E-state index is 0.0461. The minimum atomic E-state index is -0.0502. The van der Waals surface area contributed by atoms with Gasteiger partial charge in [-0.25, -0.2) is 0 Å². The fourth-order valence-electron chi connectivity index (χ4n) is 6.12. The molecule has 4 nitrogen and oxygen atoms in total. The van der Waals surface area contributed by atoms with Crippen molar-refractivity contribution in [3.05, 3.63) is 139 Å². The Labute approximate surface area is 265 Å². The zero-order valence-corrected chi connectivity index (χ0v) is 25.8. The molecule has 0 N–H and O–H groups in total. The van der Waals surface area contributed by atoms with Crippen molar-refractivity contribution in [2.45, 2.75) is 0 Å². The standard InChI is InChI=1S/2C18H8O2S2/c19-17-11-5-9-1-3-21-15(9)7-13(11)18(20)12-6-10-2-4-22-16(10)8-14(12)17;19-17-11-5-9-1-3-21-15(9)7-13(11)18(20)14-8-16-10(2-4-22-16)6-12(14)17/h2*1-8H. The van der Waals surface area contributed by atoms with Gasteiger partial charge in [-0.15, -0.1) is 45.3 Å². The molecule has 0 saturated heterocycles. The van der Waals surface area contributed by atoms with Crippen LogP contribution in [0.4, 0.5) is 0 Å². The van der Waals surface area contributed by atoms with E-state index in [0.29, 0.717) is 44.5 Å². The smallest absolute Gasteiger partial charge is 0.194 e. The first-order valence-electron chi connectivity index (χ1n) is 13.7. The zero-order valence-electron chi connectivity index (χ0n) is 22.5. The molecule has 0 saturated carbocycles. The van der Waals surface area contributed by atoms with Gasteiger partial charge in [0.15, 0.2) is 23.1 Å². The molecule has 0 aliphatic heterocycles. The third-order valence-corrected chi connectivity index (χ3v) is 11.8. The number of carbonyl (C=O) groups excluding carboxylic acids is 4. The van der Waals surface area contributed by atoms with E-state index in [1.54, 1.807) is 45.3 Å². The van der Waals surface area contributed by atoms with Crippen LogP contribution in [-0.4, -0.2) is 23.1 Å². The van der Waals surface area contributed by atoms with Crippen molar-refractivity contribution in [2.75, 3.05) is 0 Å². The molecular weight excluding hydrogens is 625 g/mol. The molecule has 0 atom stereocenters. The second-order valence-electron chi connectivity index (χ2n) is 10.7. The average molecular weight is 641 g/mol. The molecule has 8 heteroatoms. The molecule has 8 aromatic rings. The monoisotopic (exact) mass is 640 g/mol. The Morgan fingerprint density at radius 3 is 0.727 bits per heavy atom. The first-order chi connectivity index (χ1) is 21.4. The van der Waals surface area contributed by atoms with E-state index in [9.17, 15) is 19.2 Å². The fraction of sp³-hybridized carbons (Fsp3) is 0. The lowest BCUT2D eigenvalue weighted by Gasteiger charge is -2.17. The summed E-state index contributed by atoms with van der Waals surface area (Å²) >= 11 is 6.35. The van der Waals surface area contributed by atoms with E-state index in [1.807, 2.05) is 94.3 Å². The van der Waals surface area contributed by atoms with Crippen molar-refractivity contribution in [1.29, 1.82) is 0 Å². The summed E-state index contributed by atoms with van der Waals surface area (Å²) in [4.78, 5) is 51.4. The molecule has 0 amide bonds. The molecule has 4 heterocycles. The van der Waals surface area contributed by atoms with Gasteiger partial charge in [0.05, 0.1) is 0 Å². The summed E-state index contributed by atoms with van der Waals surface area (Å²) in [6.07, 6.45) is 0. The predicted octanol–water partition coefficient (Wildman–Crippen LogP) is 9.78. The highest BCUT2D eigenvalue weighted by Crippen LogP contribution is 2.37. The number of fused-ring (bicyclic) bond motifs is 8. The van der Waals surface area contributed by atoms with Crippen LogP contribution in [0.1, 0.15) is 63.7 Å². The minimum Gasteiger partial charge on any atom is -0.289 e.